The minimum Gasteiger partial charge on any atom is -0.480 e. The van der Waals surface area contributed by atoms with Crippen molar-refractivity contribution in [2.24, 2.45) is 5.73 Å². The number of aromatic nitrogens is 2. The minimum absolute atomic E-state index is 0.137. The van der Waals surface area contributed by atoms with Gasteiger partial charge in [0.25, 0.3) is 0 Å². The Bertz CT molecular complexity index is 415. The lowest BCUT2D eigenvalue weighted by Crippen LogP contribution is -2.33. The number of nitrogens with two attached hydrogens (primary N) is 1. The zero-order valence-electron chi connectivity index (χ0n) is 9.98. The normalized spacial score (nSPS) is 12.0. The maximum absolute atomic E-state index is 5.52. The molecule has 17 heavy (non-hydrogen) atoms. The lowest BCUT2D eigenvalue weighted by atomic mass is 10.2. The molecule has 5 nitrogen and oxygen atoms in total. The number of nitrogens with zero attached hydrogens (tertiary/aromatic N) is 3. The van der Waals surface area contributed by atoms with Crippen molar-refractivity contribution in [3.05, 3.63) is 10.7 Å². The van der Waals surface area contributed by atoms with Crippen molar-refractivity contribution < 1.29 is 4.74 Å². The van der Waals surface area contributed by atoms with Gasteiger partial charge < -0.3 is 15.4 Å². The van der Waals surface area contributed by atoms with E-state index in [0.29, 0.717) is 23.2 Å². The van der Waals surface area contributed by atoms with Gasteiger partial charge in [0.05, 0.1) is 22.8 Å². The molecule has 0 amide bonds. The smallest absolute Gasteiger partial charge is 0.232 e. The van der Waals surface area contributed by atoms with E-state index in [-0.39, 0.29) is 6.04 Å². The highest BCUT2D eigenvalue weighted by Gasteiger charge is 2.15. The van der Waals surface area contributed by atoms with Gasteiger partial charge in [-0.15, -0.1) is 0 Å². The quantitative estimate of drug-likeness (QED) is 0.834. The van der Waals surface area contributed by atoms with E-state index in [1.807, 2.05) is 18.9 Å². The summed E-state index contributed by atoms with van der Waals surface area (Å²) in [6, 6.07) is 0.137. The molecular formula is C10H15BrN4OS. The molecule has 0 bridgehead atoms. The predicted octanol–water partition coefficient (Wildman–Crippen LogP) is 1.75. The number of anilines is 1. The number of rotatable bonds is 5. The van der Waals surface area contributed by atoms with E-state index in [0.717, 1.165) is 4.47 Å². The maximum Gasteiger partial charge on any atom is 0.232 e. The van der Waals surface area contributed by atoms with E-state index >= 15 is 0 Å². The number of thiocarbonyl (C=S) groups is 1. The molecule has 0 radical (unpaired) electrons. The van der Waals surface area contributed by atoms with E-state index in [2.05, 4.69) is 25.9 Å². The predicted molar refractivity (Wildman–Crippen MR) is 75.6 cm³/mol. The molecule has 0 spiro atoms. The van der Waals surface area contributed by atoms with Crippen LogP contribution in [0.15, 0.2) is 10.7 Å². The lowest BCUT2D eigenvalue weighted by Gasteiger charge is -2.24. The summed E-state index contributed by atoms with van der Waals surface area (Å²) in [5.74, 6) is 1.08. The Morgan fingerprint density at radius 3 is 2.88 bits per heavy atom. The van der Waals surface area contributed by atoms with E-state index < -0.39 is 0 Å². The van der Waals surface area contributed by atoms with Gasteiger partial charge in [0, 0.05) is 19.5 Å². The van der Waals surface area contributed by atoms with E-state index in [1.54, 1.807) is 13.3 Å². The molecular weight excluding hydrogens is 304 g/mol. The molecule has 1 unspecified atom stereocenters. The largest absolute Gasteiger partial charge is 0.480 e. The molecule has 7 heteroatoms. The third-order valence-electron chi connectivity index (χ3n) is 2.37. The molecule has 94 valence electrons. The first-order valence-electron chi connectivity index (χ1n) is 5.03. The summed E-state index contributed by atoms with van der Waals surface area (Å²) in [5.41, 5.74) is 5.52. The molecule has 0 saturated heterocycles. The minimum atomic E-state index is 0.137. The Labute approximate surface area is 114 Å². The summed E-state index contributed by atoms with van der Waals surface area (Å²) in [6.45, 7) is 2.01. The first-order chi connectivity index (χ1) is 7.95. The number of ether oxygens (including phenoxy) is 1. The average molecular weight is 319 g/mol. The zero-order valence-corrected chi connectivity index (χ0v) is 12.4. The molecule has 1 heterocycles. The SMILES string of the molecule is COc1nc(N(C)C(C)CC(N)=S)ncc1Br. The Morgan fingerprint density at radius 1 is 1.71 bits per heavy atom. The molecule has 1 atom stereocenters. The standard InChI is InChI=1S/C10H15BrN4OS/c1-6(4-8(12)17)15(2)10-13-5-7(11)9(14-10)16-3/h5-6H,4H2,1-3H3,(H2,12,17). The second-order valence-corrected chi connectivity index (χ2v) is 5.04. The van der Waals surface area contributed by atoms with Gasteiger partial charge in [-0.25, -0.2) is 4.98 Å². The molecule has 1 rings (SSSR count). The van der Waals surface area contributed by atoms with Crippen molar-refractivity contribution in [2.45, 2.75) is 19.4 Å². The number of hydrogen-bond donors (Lipinski definition) is 1. The fourth-order valence-corrected chi connectivity index (χ4v) is 1.88. The molecule has 1 aromatic heterocycles. The molecule has 0 aliphatic rings. The van der Waals surface area contributed by atoms with Gasteiger partial charge in [-0.05, 0) is 22.9 Å². The molecule has 1 aromatic rings. The summed E-state index contributed by atoms with van der Waals surface area (Å²) in [5, 5.41) is 0. The van der Waals surface area contributed by atoms with Crippen LogP contribution in [0.3, 0.4) is 0 Å². The van der Waals surface area contributed by atoms with Crippen molar-refractivity contribution in [2.75, 3.05) is 19.1 Å². The second-order valence-electron chi connectivity index (χ2n) is 3.66. The van der Waals surface area contributed by atoms with Crippen LogP contribution >= 0.6 is 28.1 Å². The van der Waals surface area contributed by atoms with E-state index in [4.69, 9.17) is 22.7 Å². The highest BCUT2D eigenvalue weighted by atomic mass is 79.9. The van der Waals surface area contributed by atoms with Crippen LogP contribution in [0, 0.1) is 0 Å². The van der Waals surface area contributed by atoms with Gasteiger partial charge in [0.1, 0.15) is 0 Å². The Hall–Kier alpha value is -0.950. The van der Waals surface area contributed by atoms with Crippen molar-refractivity contribution in [3.8, 4) is 5.88 Å². The van der Waals surface area contributed by atoms with Gasteiger partial charge in [-0.2, -0.15) is 4.98 Å². The molecule has 0 fully saturated rings. The maximum atomic E-state index is 5.52. The van der Waals surface area contributed by atoms with Crippen LogP contribution in [0.1, 0.15) is 13.3 Å². The van der Waals surface area contributed by atoms with Crippen LogP contribution in [-0.2, 0) is 0 Å². The van der Waals surface area contributed by atoms with Crippen molar-refractivity contribution in [1.82, 2.24) is 9.97 Å². The van der Waals surface area contributed by atoms with Crippen LogP contribution in [0.25, 0.3) is 0 Å². The van der Waals surface area contributed by atoms with Gasteiger partial charge in [0.15, 0.2) is 0 Å². The van der Waals surface area contributed by atoms with Crippen LogP contribution in [0.2, 0.25) is 0 Å². The van der Waals surface area contributed by atoms with Crippen molar-refractivity contribution >= 4 is 39.1 Å². The van der Waals surface area contributed by atoms with Gasteiger partial charge in [-0.3, -0.25) is 0 Å². The van der Waals surface area contributed by atoms with Crippen molar-refractivity contribution in [1.29, 1.82) is 0 Å². The molecule has 2 N–H and O–H groups in total. The summed E-state index contributed by atoms with van der Waals surface area (Å²) in [6.07, 6.45) is 2.28. The first kappa shape index (κ1) is 14.1. The van der Waals surface area contributed by atoms with E-state index in [1.165, 1.54) is 0 Å². The van der Waals surface area contributed by atoms with Crippen LogP contribution in [0.4, 0.5) is 5.95 Å². The fraction of sp³-hybridized carbons (Fsp3) is 0.500. The summed E-state index contributed by atoms with van der Waals surface area (Å²) >= 11 is 8.20. The third kappa shape index (κ3) is 3.78. The second kappa shape index (κ2) is 6.11. The van der Waals surface area contributed by atoms with Crippen LogP contribution in [-0.4, -0.2) is 35.2 Å². The average Bonchev–Trinajstić information content (AvgIpc) is 2.27. The Morgan fingerprint density at radius 2 is 2.35 bits per heavy atom. The van der Waals surface area contributed by atoms with Crippen molar-refractivity contribution in [3.63, 3.8) is 0 Å². The Balaban J connectivity index is 2.88. The van der Waals surface area contributed by atoms with Gasteiger partial charge in [-0.1, -0.05) is 12.2 Å². The third-order valence-corrected chi connectivity index (χ3v) is 3.08. The topological polar surface area (TPSA) is 64.3 Å². The Kier molecular flexibility index (Phi) is 5.07. The highest BCUT2D eigenvalue weighted by molar-refractivity contribution is 9.10. The lowest BCUT2D eigenvalue weighted by molar-refractivity contribution is 0.393. The van der Waals surface area contributed by atoms with Crippen LogP contribution < -0.4 is 15.4 Å². The van der Waals surface area contributed by atoms with Gasteiger partial charge >= 0.3 is 0 Å². The summed E-state index contributed by atoms with van der Waals surface area (Å²) in [4.78, 5) is 10.9. The van der Waals surface area contributed by atoms with Crippen LogP contribution in [0.5, 0.6) is 5.88 Å². The van der Waals surface area contributed by atoms with Gasteiger partial charge in [0.2, 0.25) is 11.8 Å². The number of halogens is 1. The molecule has 0 saturated carbocycles. The fourth-order valence-electron chi connectivity index (χ4n) is 1.28. The van der Waals surface area contributed by atoms with E-state index in [9.17, 15) is 0 Å². The molecule has 0 aromatic carbocycles. The zero-order chi connectivity index (χ0) is 13.0. The summed E-state index contributed by atoms with van der Waals surface area (Å²) in [7, 11) is 3.46. The monoisotopic (exact) mass is 318 g/mol. The molecule has 0 aliphatic carbocycles. The summed E-state index contributed by atoms with van der Waals surface area (Å²) < 4.78 is 5.84. The molecule has 0 aliphatic heterocycles. The number of hydrogen-bond acceptors (Lipinski definition) is 5. The highest BCUT2D eigenvalue weighted by Crippen LogP contribution is 2.23. The number of methoxy groups -OCH3 is 1. The first-order valence-corrected chi connectivity index (χ1v) is 6.23.